The summed E-state index contributed by atoms with van der Waals surface area (Å²) in [6, 6.07) is 9.57. The van der Waals surface area contributed by atoms with Gasteiger partial charge < -0.3 is 9.15 Å². The molecule has 0 saturated carbocycles. The number of benzene rings is 2. The zero-order valence-electron chi connectivity index (χ0n) is 10.1. The van der Waals surface area contributed by atoms with Gasteiger partial charge in [0, 0.05) is 17.5 Å². The molecular formula is C14H8FN3O2. The van der Waals surface area contributed by atoms with Gasteiger partial charge >= 0.3 is 6.08 Å². The molecule has 0 radical (unpaired) electrons. The molecule has 98 valence electrons. The number of halogens is 1. The summed E-state index contributed by atoms with van der Waals surface area (Å²) in [6.45, 7) is 0. The molecule has 0 bridgehead atoms. The van der Waals surface area contributed by atoms with E-state index >= 15 is 0 Å². The van der Waals surface area contributed by atoms with Crippen LogP contribution in [-0.4, -0.2) is 15.2 Å². The number of aromatic amines is 1. The third-order valence-corrected chi connectivity index (χ3v) is 2.95. The van der Waals surface area contributed by atoms with Crippen molar-refractivity contribution in [1.82, 2.24) is 15.2 Å². The monoisotopic (exact) mass is 269 g/mol. The summed E-state index contributed by atoms with van der Waals surface area (Å²) in [5, 5.41) is 7.77. The van der Waals surface area contributed by atoms with Crippen molar-refractivity contribution in [2.24, 2.45) is 0 Å². The molecule has 2 aromatic carbocycles. The Morgan fingerprint density at radius 3 is 3.05 bits per heavy atom. The summed E-state index contributed by atoms with van der Waals surface area (Å²) in [4.78, 5) is 4.08. The largest absolute Gasteiger partial charge is 0.411 e. The Morgan fingerprint density at radius 1 is 1.15 bits per heavy atom. The van der Waals surface area contributed by atoms with E-state index in [2.05, 4.69) is 15.2 Å². The highest BCUT2D eigenvalue weighted by Crippen LogP contribution is 2.27. The molecule has 0 fully saturated rings. The number of fused-ring (bicyclic) bond motifs is 2. The van der Waals surface area contributed by atoms with Crippen molar-refractivity contribution in [2.45, 2.75) is 0 Å². The van der Waals surface area contributed by atoms with Crippen LogP contribution in [0.3, 0.4) is 0 Å². The highest BCUT2D eigenvalue weighted by Gasteiger charge is 2.09. The van der Waals surface area contributed by atoms with Crippen molar-refractivity contribution >= 4 is 22.0 Å². The Bertz CT molecular complexity index is 913. The minimum absolute atomic E-state index is 0.0736. The predicted octanol–water partition coefficient (Wildman–Crippen LogP) is 3.64. The Labute approximate surface area is 112 Å². The summed E-state index contributed by atoms with van der Waals surface area (Å²) in [5.41, 5.74) is 1.75. The molecule has 2 aromatic heterocycles. The number of hydrogen-bond acceptors (Lipinski definition) is 4. The molecule has 0 aliphatic carbocycles. The van der Waals surface area contributed by atoms with E-state index in [1.165, 1.54) is 18.2 Å². The summed E-state index contributed by atoms with van der Waals surface area (Å²) >= 11 is 0. The van der Waals surface area contributed by atoms with Crippen molar-refractivity contribution in [3.63, 3.8) is 0 Å². The number of nitrogens with one attached hydrogen (secondary N) is 1. The van der Waals surface area contributed by atoms with Gasteiger partial charge in [0.2, 0.25) is 0 Å². The van der Waals surface area contributed by atoms with Crippen LogP contribution in [0.25, 0.3) is 22.0 Å². The van der Waals surface area contributed by atoms with Gasteiger partial charge in [0.05, 0.1) is 11.7 Å². The van der Waals surface area contributed by atoms with E-state index < -0.39 is 0 Å². The topological polar surface area (TPSA) is 63.9 Å². The summed E-state index contributed by atoms with van der Waals surface area (Å²) in [7, 11) is 0. The van der Waals surface area contributed by atoms with Crippen LogP contribution in [0.2, 0.25) is 0 Å². The van der Waals surface area contributed by atoms with E-state index in [1.54, 1.807) is 18.3 Å². The quantitative estimate of drug-likeness (QED) is 0.603. The van der Waals surface area contributed by atoms with Gasteiger partial charge in [0.15, 0.2) is 5.58 Å². The van der Waals surface area contributed by atoms with E-state index in [9.17, 15) is 4.39 Å². The fraction of sp³-hybridized carbons (Fsp3) is 0. The summed E-state index contributed by atoms with van der Waals surface area (Å²) in [6.07, 6.45) is 1.80. The fourth-order valence-electron chi connectivity index (χ4n) is 2.00. The molecule has 1 N–H and O–H groups in total. The zero-order chi connectivity index (χ0) is 13.5. The van der Waals surface area contributed by atoms with Gasteiger partial charge in [-0.05, 0) is 24.3 Å². The van der Waals surface area contributed by atoms with Gasteiger partial charge in [0.25, 0.3) is 0 Å². The highest BCUT2D eigenvalue weighted by molar-refractivity contribution is 5.79. The van der Waals surface area contributed by atoms with Crippen LogP contribution < -0.4 is 4.74 Å². The molecule has 6 heteroatoms. The molecule has 0 saturated heterocycles. The first-order valence-corrected chi connectivity index (χ1v) is 5.95. The molecule has 4 rings (SSSR count). The van der Waals surface area contributed by atoms with Gasteiger partial charge in [-0.1, -0.05) is 0 Å². The molecule has 0 unspecified atom stereocenters. The van der Waals surface area contributed by atoms with Crippen LogP contribution in [-0.2, 0) is 0 Å². The van der Waals surface area contributed by atoms with Gasteiger partial charge in [-0.25, -0.2) is 4.39 Å². The lowest BCUT2D eigenvalue weighted by molar-refractivity contribution is 0.343. The van der Waals surface area contributed by atoms with Crippen LogP contribution in [0.5, 0.6) is 11.8 Å². The lowest BCUT2D eigenvalue weighted by Crippen LogP contribution is -1.83. The van der Waals surface area contributed by atoms with Gasteiger partial charge in [-0.2, -0.15) is 10.1 Å². The first kappa shape index (κ1) is 11.0. The molecule has 20 heavy (non-hydrogen) atoms. The second-order valence-electron chi connectivity index (χ2n) is 4.31. The molecule has 5 nitrogen and oxygen atoms in total. The first-order chi connectivity index (χ1) is 9.78. The molecule has 4 aromatic rings. The number of rotatable bonds is 2. The number of ether oxygens (including phenoxy) is 1. The van der Waals surface area contributed by atoms with Crippen molar-refractivity contribution in [2.75, 3.05) is 0 Å². The number of aromatic nitrogens is 3. The Kier molecular flexibility index (Phi) is 2.23. The van der Waals surface area contributed by atoms with E-state index in [-0.39, 0.29) is 11.9 Å². The average molecular weight is 269 g/mol. The first-order valence-electron chi connectivity index (χ1n) is 5.95. The molecule has 2 heterocycles. The van der Waals surface area contributed by atoms with E-state index in [1.807, 2.05) is 6.07 Å². The smallest absolute Gasteiger partial charge is 0.400 e. The zero-order valence-corrected chi connectivity index (χ0v) is 10.1. The van der Waals surface area contributed by atoms with E-state index in [4.69, 9.17) is 9.15 Å². The predicted molar refractivity (Wildman–Crippen MR) is 70.1 cm³/mol. The molecule has 0 spiro atoms. The SMILES string of the molecule is Fc1ccc2oc(Oc3ccc4cn[nH]c4c3)nc2c1. The lowest BCUT2D eigenvalue weighted by atomic mass is 10.2. The molecule has 0 atom stereocenters. The maximum Gasteiger partial charge on any atom is 0.400 e. The van der Waals surface area contributed by atoms with Crippen LogP contribution in [0, 0.1) is 5.82 Å². The Balaban J connectivity index is 1.72. The Hall–Kier alpha value is -2.89. The number of nitrogens with zero attached hydrogens (tertiary/aromatic N) is 2. The standard InChI is InChI=1S/C14H8FN3O2/c15-9-2-4-13-12(5-9)17-14(20-13)19-10-3-1-8-7-16-18-11(8)6-10/h1-7H,(H,16,18). The van der Waals surface area contributed by atoms with Crippen LogP contribution in [0.1, 0.15) is 0 Å². The van der Waals surface area contributed by atoms with Crippen molar-refractivity contribution < 1.29 is 13.5 Å². The third kappa shape index (κ3) is 1.78. The van der Waals surface area contributed by atoms with Crippen molar-refractivity contribution in [3.8, 4) is 11.8 Å². The van der Waals surface area contributed by atoms with Gasteiger partial charge in [-0.3, -0.25) is 5.10 Å². The average Bonchev–Trinajstić information content (AvgIpc) is 3.03. The van der Waals surface area contributed by atoms with Crippen LogP contribution in [0.4, 0.5) is 4.39 Å². The highest BCUT2D eigenvalue weighted by atomic mass is 19.1. The molecular weight excluding hydrogens is 261 g/mol. The Morgan fingerprint density at radius 2 is 2.10 bits per heavy atom. The maximum atomic E-state index is 13.1. The molecule has 0 aliphatic rings. The van der Waals surface area contributed by atoms with E-state index in [0.29, 0.717) is 16.8 Å². The minimum atomic E-state index is -0.365. The van der Waals surface area contributed by atoms with Crippen LogP contribution in [0.15, 0.2) is 47.0 Å². The number of H-pyrrole nitrogens is 1. The second-order valence-corrected chi connectivity index (χ2v) is 4.31. The minimum Gasteiger partial charge on any atom is -0.411 e. The van der Waals surface area contributed by atoms with Gasteiger partial charge in [0.1, 0.15) is 17.1 Å². The maximum absolute atomic E-state index is 13.1. The van der Waals surface area contributed by atoms with Crippen molar-refractivity contribution in [3.05, 3.63) is 48.4 Å². The van der Waals surface area contributed by atoms with Crippen LogP contribution >= 0.6 is 0 Å². The molecule has 0 amide bonds. The second kappa shape index (κ2) is 4.06. The fourth-order valence-corrected chi connectivity index (χ4v) is 2.00. The van der Waals surface area contributed by atoms with Gasteiger partial charge in [-0.15, -0.1) is 0 Å². The summed E-state index contributed by atoms with van der Waals surface area (Å²) < 4.78 is 24.0. The number of hydrogen-bond donors (Lipinski definition) is 1. The summed E-state index contributed by atoms with van der Waals surface area (Å²) in [5.74, 6) is 0.199. The van der Waals surface area contributed by atoms with E-state index in [0.717, 1.165) is 10.9 Å². The lowest BCUT2D eigenvalue weighted by Gasteiger charge is -1.99. The molecule has 0 aliphatic heterocycles. The third-order valence-electron chi connectivity index (χ3n) is 2.95. The van der Waals surface area contributed by atoms with Crippen molar-refractivity contribution in [1.29, 1.82) is 0 Å². The number of oxazole rings is 1. The normalized spacial score (nSPS) is 11.2.